The molecule has 3 aromatic rings. The fourth-order valence-electron chi connectivity index (χ4n) is 3.67. The lowest BCUT2D eigenvalue weighted by Crippen LogP contribution is -2.45. The van der Waals surface area contributed by atoms with Gasteiger partial charge in [0.25, 0.3) is 11.8 Å². The number of benzene rings is 2. The summed E-state index contributed by atoms with van der Waals surface area (Å²) in [5.74, 6) is -0.859. The van der Waals surface area contributed by atoms with Crippen molar-refractivity contribution in [2.75, 3.05) is 52.2 Å². The zero-order chi connectivity index (χ0) is 27.8. The Morgan fingerprint density at radius 3 is 2.21 bits per heavy atom. The minimum absolute atomic E-state index is 0.0770. The van der Waals surface area contributed by atoms with Gasteiger partial charge in [-0.25, -0.2) is 0 Å². The number of anilines is 2. The van der Waals surface area contributed by atoms with Crippen LogP contribution in [-0.2, 0) is 9.53 Å². The molecule has 0 saturated carbocycles. The largest absolute Gasteiger partial charge is 0.497 e. The lowest BCUT2D eigenvalue weighted by Gasteiger charge is -2.32. The van der Waals surface area contributed by atoms with E-state index in [2.05, 4.69) is 9.69 Å². The summed E-state index contributed by atoms with van der Waals surface area (Å²) in [6.07, 6.45) is 0. The Hall–Kier alpha value is -4.36. The lowest BCUT2D eigenvalue weighted by atomic mass is 10.0. The lowest BCUT2D eigenvalue weighted by molar-refractivity contribution is -0.122. The second-order valence-electron chi connectivity index (χ2n) is 7.81. The smallest absolute Gasteiger partial charge is 0.273 e. The number of ether oxygens (including phenoxy) is 4. The number of amides is 3. The fourth-order valence-corrected chi connectivity index (χ4v) is 4.41. The van der Waals surface area contributed by atoms with Crippen LogP contribution >= 0.6 is 11.5 Å². The highest BCUT2D eigenvalue weighted by Crippen LogP contribution is 2.40. The zero-order valence-corrected chi connectivity index (χ0v) is 22.2. The highest BCUT2D eigenvalue weighted by Gasteiger charge is 2.37. The van der Waals surface area contributed by atoms with Gasteiger partial charge >= 0.3 is 0 Å². The second-order valence-corrected chi connectivity index (χ2v) is 8.58. The molecule has 13 heteroatoms. The third-order valence-corrected chi connectivity index (χ3v) is 6.41. The van der Waals surface area contributed by atoms with Crippen LogP contribution in [0.3, 0.4) is 0 Å². The van der Waals surface area contributed by atoms with Crippen LogP contribution < -0.4 is 35.9 Å². The highest BCUT2D eigenvalue weighted by atomic mass is 32.1. The number of hydrogen-bond acceptors (Lipinski definition) is 10. The average molecular weight is 544 g/mol. The van der Waals surface area contributed by atoms with E-state index in [0.29, 0.717) is 28.6 Å². The first-order chi connectivity index (χ1) is 18.3. The summed E-state index contributed by atoms with van der Waals surface area (Å²) in [6, 6.07) is 10.3. The van der Waals surface area contributed by atoms with E-state index in [1.54, 1.807) is 42.5 Å². The highest BCUT2D eigenvalue weighted by molar-refractivity contribution is 7.09. The third-order valence-electron chi connectivity index (χ3n) is 5.56. The van der Waals surface area contributed by atoms with Crippen molar-refractivity contribution in [3.05, 3.63) is 58.6 Å². The minimum atomic E-state index is -1.22. The first-order valence-corrected chi connectivity index (χ1v) is 12.1. The molecule has 3 rings (SSSR count). The van der Waals surface area contributed by atoms with Gasteiger partial charge in [0.05, 0.1) is 39.3 Å². The van der Waals surface area contributed by atoms with E-state index < -0.39 is 23.8 Å². The summed E-state index contributed by atoms with van der Waals surface area (Å²) < 4.78 is 25.2. The second kappa shape index (κ2) is 12.7. The first-order valence-electron chi connectivity index (χ1n) is 11.3. The van der Waals surface area contributed by atoms with E-state index >= 15 is 0 Å². The number of primary amides is 1. The van der Waals surface area contributed by atoms with Gasteiger partial charge < -0.3 is 35.7 Å². The summed E-state index contributed by atoms with van der Waals surface area (Å²) >= 11 is 0.700. The quantitative estimate of drug-likeness (QED) is 0.289. The first kappa shape index (κ1) is 28.2. The Balaban J connectivity index is 2.28. The standard InChI is InChI=1S/C25H29N5O7S/c1-34-12-11-28-24(32)21(14-5-7-15(35-2)8-6-14)30(17-13-16(36-3)9-10-18(17)37-4)25(33)22-19(26)20(23(27)31)29-38-22/h5-10,13,21H,11-12,26H2,1-4H3,(H2,27,31)(H,28,32)/t21-/m1/s1. The van der Waals surface area contributed by atoms with Gasteiger partial charge in [-0.15, -0.1) is 0 Å². The number of nitrogens with two attached hydrogens (primary N) is 2. The molecule has 202 valence electrons. The zero-order valence-electron chi connectivity index (χ0n) is 21.3. The van der Waals surface area contributed by atoms with Gasteiger partial charge in [-0.05, 0) is 41.4 Å². The molecule has 2 aromatic carbocycles. The van der Waals surface area contributed by atoms with Crippen molar-refractivity contribution in [3.63, 3.8) is 0 Å². The summed E-state index contributed by atoms with van der Waals surface area (Å²) in [5.41, 5.74) is 11.7. The van der Waals surface area contributed by atoms with E-state index in [9.17, 15) is 14.4 Å². The normalized spacial score (nSPS) is 11.4. The van der Waals surface area contributed by atoms with E-state index in [1.165, 1.54) is 33.3 Å². The number of nitrogen functional groups attached to an aromatic ring is 1. The van der Waals surface area contributed by atoms with Gasteiger partial charge in [0.2, 0.25) is 5.91 Å². The number of nitrogens with one attached hydrogen (secondary N) is 1. The molecule has 0 spiro atoms. The molecular formula is C25H29N5O7S. The van der Waals surface area contributed by atoms with Crippen LogP contribution in [0, 0.1) is 0 Å². The molecule has 0 bridgehead atoms. The SMILES string of the molecule is COCCNC(=O)[C@@H](c1ccc(OC)cc1)N(C(=O)c1snc(C(N)=O)c1N)c1cc(OC)ccc1OC. The van der Waals surface area contributed by atoms with Crippen molar-refractivity contribution in [1.82, 2.24) is 9.69 Å². The monoisotopic (exact) mass is 543 g/mol. The fraction of sp³-hybridized carbons (Fsp3) is 0.280. The molecular weight excluding hydrogens is 514 g/mol. The molecule has 1 heterocycles. The summed E-state index contributed by atoms with van der Waals surface area (Å²) in [4.78, 5) is 40.8. The number of rotatable bonds is 12. The Bertz CT molecular complexity index is 1300. The predicted molar refractivity (Wildman–Crippen MR) is 142 cm³/mol. The van der Waals surface area contributed by atoms with Crippen molar-refractivity contribution in [2.24, 2.45) is 5.73 Å². The maximum absolute atomic E-state index is 14.2. The molecule has 0 aliphatic rings. The van der Waals surface area contributed by atoms with Crippen LogP contribution in [-0.4, -0.2) is 63.7 Å². The number of aromatic nitrogens is 1. The van der Waals surface area contributed by atoms with E-state index in [1.807, 2.05) is 0 Å². The number of carbonyl (C=O) groups is 3. The van der Waals surface area contributed by atoms with Crippen LogP contribution in [0.4, 0.5) is 11.4 Å². The Morgan fingerprint density at radius 1 is 1.00 bits per heavy atom. The Kier molecular flexibility index (Phi) is 9.46. The minimum Gasteiger partial charge on any atom is -0.497 e. The van der Waals surface area contributed by atoms with Gasteiger partial charge in [0.1, 0.15) is 28.2 Å². The summed E-state index contributed by atoms with van der Waals surface area (Å²) in [5, 5.41) is 2.79. The van der Waals surface area contributed by atoms with Crippen molar-refractivity contribution in [3.8, 4) is 17.2 Å². The molecule has 0 saturated heterocycles. The van der Waals surface area contributed by atoms with Gasteiger partial charge in [0, 0.05) is 19.7 Å². The van der Waals surface area contributed by atoms with Gasteiger partial charge in [-0.3, -0.25) is 19.3 Å². The number of carbonyl (C=O) groups excluding carboxylic acids is 3. The predicted octanol–water partition coefficient (Wildman–Crippen LogP) is 2.00. The summed E-state index contributed by atoms with van der Waals surface area (Å²) in [7, 11) is 5.93. The molecule has 0 aliphatic heterocycles. The van der Waals surface area contributed by atoms with Crippen molar-refractivity contribution in [2.45, 2.75) is 6.04 Å². The third kappa shape index (κ3) is 5.95. The van der Waals surface area contributed by atoms with Crippen LogP contribution in [0.2, 0.25) is 0 Å². The van der Waals surface area contributed by atoms with Gasteiger partial charge in [-0.2, -0.15) is 4.37 Å². The average Bonchev–Trinajstić information content (AvgIpc) is 3.32. The van der Waals surface area contributed by atoms with E-state index in [-0.39, 0.29) is 40.8 Å². The maximum Gasteiger partial charge on any atom is 0.273 e. The molecule has 0 radical (unpaired) electrons. The molecule has 1 atom stereocenters. The van der Waals surface area contributed by atoms with Crippen molar-refractivity contribution in [1.29, 1.82) is 0 Å². The Morgan fingerprint density at radius 2 is 1.66 bits per heavy atom. The molecule has 12 nitrogen and oxygen atoms in total. The van der Waals surface area contributed by atoms with E-state index in [0.717, 1.165) is 0 Å². The number of methoxy groups -OCH3 is 4. The molecule has 0 fully saturated rings. The van der Waals surface area contributed by atoms with Crippen molar-refractivity contribution >= 4 is 40.6 Å². The van der Waals surface area contributed by atoms with Crippen LogP contribution in [0.15, 0.2) is 42.5 Å². The maximum atomic E-state index is 14.2. The molecule has 0 aliphatic carbocycles. The molecule has 3 amide bonds. The van der Waals surface area contributed by atoms with Gasteiger partial charge in [0.15, 0.2) is 5.69 Å². The molecule has 0 unspecified atom stereocenters. The Labute approximate surface area is 223 Å². The summed E-state index contributed by atoms with van der Waals surface area (Å²) in [6.45, 7) is 0.440. The van der Waals surface area contributed by atoms with E-state index in [4.69, 9.17) is 30.4 Å². The van der Waals surface area contributed by atoms with Crippen molar-refractivity contribution < 1.29 is 33.3 Å². The number of hydrogen-bond donors (Lipinski definition) is 3. The number of nitrogens with zero attached hydrogens (tertiary/aromatic N) is 2. The molecule has 1 aromatic heterocycles. The topological polar surface area (TPSA) is 168 Å². The molecule has 5 N–H and O–H groups in total. The van der Waals surface area contributed by atoms with Crippen LogP contribution in [0.5, 0.6) is 17.2 Å². The van der Waals surface area contributed by atoms with Crippen LogP contribution in [0.25, 0.3) is 0 Å². The molecule has 38 heavy (non-hydrogen) atoms. The van der Waals surface area contributed by atoms with Gasteiger partial charge in [-0.1, -0.05) is 12.1 Å². The van der Waals surface area contributed by atoms with Crippen LogP contribution in [0.1, 0.15) is 31.8 Å².